The van der Waals surface area contributed by atoms with Gasteiger partial charge in [-0.05, 0) is 64.4 Å². The Morgan fingerprint density at radius 1 is 1.05 bits per heavy atom. The van der Waals surface area contributed by atoms with Crippen LogP contribution in [0.1, 0.15) is 15.8 Å². The van der Waals surface area contributed by atoms with Crippen molar-refractivity contribution in [1.82, 2.24) is 0 Å². The predicted molar refractivity (Wildman–Crippen MR) is 98.3 cm³/mol. The second kappa shape index (κ2) is 6.47. The third kappa shape index (κ3) is 3.36. The first-order valence-corrected chi connectivity index (χ1v) is 9.18. The molecule has 0 aliphatic heterocycles. The quantitative estimate of drug-likeness (QED) is 0.480. The van der Waals surface area contributed by atoms with E-state index in [0.29, 0.717) is 0 Å². The van der Waals surface area contributed by atoms with E-state index < -0.39 is 0 Å². The Labute approximate surface area is 144 Å². The average Bonchev–Trinajstić information content (AvgIpc) is 3.07. The Bertz CT molecular complexity index is 693. The standard InChI is InChI=1S/C15H11ClINS2/c16-14-7-6-13(20-14)15(12-5-2-8-19-12)18-11-4-1-3-10(17)9-11/h1-9,15,18H. The Kier molecular flexibility index (Phi) is 4.65. The normalized spacial score (nSPS) is 12.3. The first-order valence-electron chi connectivity index (χ1n) is 6.03. The first kappa shape index (κ1) is 14.4. The van der Waals surface area contributed by atoms with Crippen molar-refractivity contribution in [2.75, 3.05) is 5.32 Å². The van der Waals surface area contributed by atoms with Gasteiger partial charge >= 0.3 is 0 Å². The van der Waals surface area contributed by atoms with Gasteiger partial charge in [-0.25, -0.2) is 0 Å². The summed E-state index contributed by atoms with van der Waals surface area (Å²) in [5.74, 6) is 0. The second-order valence-corrected chi connectivity index (χ2v) is 8.22. The van der Waals surface area contributed by atoms with Crippen LogP contribution in [0.2, 0.25) is 4.34 Å². The van der Waals surface area contributed by atoms with Crippen molar-refractivity contribution in [3.05, 3.63) is 71.6 Å². The van der Waals surface area contributed by atoms with E-state index in [9.17, 15) is 0 Å². The lowest BCUT2D eigenvalue weighted by atomic mass is 10.2. The summed E-state index contributed by atoms with van der Waals surface area (Å²) in [5, 5.41) is 5.71. The van der Waals surface area contributed by atoms with Gasteiger partial charge in [-0.3, -0.25) is 0 Å². The summed E-state index contributed by atoms with van der Waals surface area (Å²) < 4.78 is 2.05. The Morgan fingerprint density at radius 3 is 2.60 bits per heavy atom. The van der Waals surface area contributed by atoms with Crippen LogP contribution in [0.25, 0.3) is 0 Å². The Balaban J connectivity index is 1.94. The number of hydrogen-bond acceptors (Lipinski definition) is 3. The van der Waals surface area contributed by atoms with E-state index in [-0.39, 0.29) is 6.04 Å². The fraction of sp³-hybridized carbons (Fsp3) is 0.0667. The molecule has 1 aromatic carbocycles. The smallest absolute Gasteiger partial charge is 0.0954 e. The summed E-state index contributed by atoms with van der Waals surface area (Å²) in [6.45, 7) is 0. The molecule has 0 amide bonds. The first-order chi connectivity index (χ1) is 9.72. The maximum atomic E-state index is 6.09. The summed E-state index contributed by atoms with van der Waals surface area (Å²) in [5.41, 5.74) is 1.12. The minimum absolute atomic E-state index is 0.158. The number of anilines is 1. The predicted octanol–water partition coefficient (Wildman–Crippen LogP) is 6.27. The molecule has 0 saturated heterocycles. The number of thiophene rings is 2. The highest BCUT2D eigenvalue weighted by Gasteiger charge is 2.17. The lowest BCUT2D eigenvalue weighted by molar-refractivity contribution is 0.992. The molecule has 0 saturated carbocycles. The summed E-state index contributed by atoms with van der Waals surface area (Å²) in [6.07, 6.45) is 0. The van der Waals surface area contributed by atoms with E-state index in [2.05, 4.69) is 75.8 Å². The molecule has 0 bridgehead atoms. The molecule has 2 aromatic heterocycles. The molecule has 2 heterocycles. The van der Waals surface area contributed by atoms with Gasteiger partial charge in [0.1, 0.15) is 0 Å². The molecule has 0 aliphatic carbocycles. The summed E-state index contributed by atoms with van der Waals surface area (Å²) in [6, 6.07) is 16.9. The molecule has 0 spiro atoms. The zero-order chi connectivity index (χ0) is 13.9. The number of benzene rings is 1. The summed E-state index contributed by atoms with van der Waals surface area (Å²) in [4.78, 5) is 2.53. The number of hydrogen-bond donors (Lipinski definition) is 1. The van der Waals surface area contributed by atoms with Gasteiger partial charge in [-0.2, -0.15) is 0 Å². The highest BCUT2D eigenvalue weighted by atomic mass is 127. The maximum Gasteiger partial charge on any atom is 0.0954 e. The van der Waals surface area contributed by atoms with Crippen LogP contribution in [-0.2, 0) is 0 Å². The molecule has 3 rings (SSSR count). The van der Waals surface area contributed by atoms with Crippen LogP contribution >= 0.6 is 56.9 Å². The van der Waals surface area contributed by atoms with Crippen LogP contribution in [0.5, 0.6) is 0 Å². The number of halogens is 2. The molecule has 3 aromatic rings. The van der Waals surface area contributed by atoms with Crippen molar-refractivity contribution in [2.24, 2.45) is 0 Å². The zero-order valence-corrected chi connectivity index (χ0v) is 14.9. The van der Waals surface area contributed by atoms with Gasteiger partial charge < -0.3 is 5.32 Å². The Hall–Kier alpha value is -0.560. The van der Waals surface area contributed by atoms with Crippen LogP contribution in [0.15, 0.2) is 53.9 Å². The molecule has 20 heavy (non-hydrogen) atoms. The van der Waals surface area contributed by atoms with E-state index in [1.807, 2.05) is 6.07 Å². The minimum atomic E-state index is 0.158. The van der Waals surface area contributed by atoms with Crippen molar-refractivity contribution in [2.45, 2.75) is 6.04 Å². The lowest BCUT2D eigenvalue weighted by Crippen LogP contribution is -2.09. The lowest BCUT2D eigenvalue weighted by Gasteiger charge is -2.17. The van der Waals surface area contributed by atoms with Gasteiger partial charge in [0.15, 0.2) is 0 Å². The largest absolute Gasteiger partial charge is 0.373 e. The maximum absolute atomic E-state index is 6.09. The van der Waals surface area contributed by atoms with Crippen molar-refractivity contribution in [3.8, 4) is 0 Å². The van der Waals surface area contributed by atoms with Crippen LogP contribution in [0, 0.1) is 3.57 Å². The van der Waals surface area contributed by atoms with Crippen molar-refractivity contribution in [1.29, 1.82) is 0 Å². The number of nitrogens with one attached hydrogen (secondary N) is 1. The van der Waals surface area contributed by atoms with Gasteiger partial charge in [0.05, 0.1) is 10.4 Å². The molecule has 1 N–H and O–H groups in total. The van der Waals surface area contributed by atoms with Crippen molar-refractivity contribution in [3.63, 3.8) is 0 Å². The topological polar surface area (TPSA) is 12.0 Å². The van der Waals surface area contributed by atoms with Crippen LogP contribution < -0.4 is 5.32 Å². The molecule has 0 aliphatic rings. The van der Waals surface area contributed by atoms with E-state index >= 15 is 0 Å². The minimum Gasteiger partial charge on any atom is -0.373 e. The molecule has 102 valence electrons. The molecule has 1 unspecified atom stereocenters. The summed E-state index contributed by atoms with van der Waals surface area (Å²) >= 11 is 11.8. The molecule has 1 atom stereocenters. The van der Waals surface area contributed by atoms with Crippen LogP contribution in [-0.4, -0.2) is 0 Å². The molecule has 5 heteroatoms. The van der Waals surface area contributed by atoms with Crippen LogP contribution in [0.4, 0.5) is 5.69 Å². The highest BCUT2D eigenvalue weighted by Crippen LogP contribution is 2.35. The summed E-state index contributed by atoms with van der Waals surface area (Å²) in [7, 11) is 0. The van der Waals surface area contributed by atoms with Gasteiger partial charge in [0.2, 0.25) is 0 Å². The van der Waals surface area contributed by atoms with Gasteiger partial charge in [-0.15, -0.1) is 22.7 Å². The van der Waals surface area contributed by atoms with Crippen molar-refractivity contribution < 1.29 is 0 Å². The second-order valence-electron chi connectivity index (χ2n) is 4.24. The van der Waals surface area contributed by atoms with Gasteiger partial charge in [-0.1, -0.05) is 23.7 Å². The Morgan fingerprint density at radius 2 is 1.95 bits per heavy atom. The third-order valence-electron chi connectivity index (χ3n) is 2.84. The fourth-order valence-electron chi connectivity index (χ4n) is 1.97. The SMILES string of the molecule is Clc1ccc(C(Nc2cccc(I)c2)c2cccs2)s1. The zero-order valence-electron chi connectivity index (χ0n) is 10.3. The van der Waals surface area contributed by atoms with E-state index in [0.717, 1.165) is 10.0 Å². The monoisotopic (exact) mass is 431 g/mol. The molecule has 0 radical (unpaired) electrons. The number of rotatable bonds is 4. The van der Waals surface area contributed by atoms with Crippen molar-refractivity contribution >= 4 is 62.6 Å². The van der Waals surface area contributed by atoms with E-state index in [1.165, 1.54) is 13.3 Å². The third-order valence-corrected chi connectivity index (χ3v) is 5.75. The fourth-order valence-corrected chi connectivity index (χ4v) is 4.51. The van der Waals surface area contributed by atoms with Crippen LogP contribution in [0.3, 0.4) is 0 Å². The van der Waals surface area contributed by atoms with Gasteiger partial charge in [0.25, 0.3) is 0 Å². The van der Waals surface area contributed by atoms with E-state index in [1.54, 1.807) is 22.7 Å². The molecule has 0 fully saturated rings. The van der Waals surface area contributed by atoms with E-state index in [4.69, 9.17) is 11.6 Å². The average molecular weight is 432 g/mol. The molecular formula is C15H11ClINS2. The van der Waals surface area contributed by atoms with Gasteiger partial charge in [0, 0.05) is 19.0 Å². The molecule has 1 nitrogen and oxygen atoms in total. The highest BCUT2D eigenvalue weighted by molar-refractivity contribution is 14.1. The molecular weight excluding hydrogens is 421 g/mol.